The third-order valence-corrected chi connectivity index (χ3v) is 3.30. The van der Waals surface area contributed by atoms with E-state index in [1.165, 1.54) is 4.90 Å². The molecular formula is C10H17ClF2N2O. The second kappa shape index (κ2) is 4.84. The maximum atomic E-state index is 12.9. The number of carbonyl (C=O) groups excluding carboxylic acids is 1. The summed E-state index contributed by atoms with van der Waals surface area (Å²) in [7, 11) is 0. The molecule has 2 atom stereocenters. The third kappa shape index (κ3) is 2.83. The van der Waals surface area contributed by atoms with Gasteiger partial charge in [-0.05, 0) is 19.3 Å². The Balaban J connectivity index is 0.00000128. The number of halogens is 3. The summed E-state index contributed by atoms with van der Waals surface area (Å²) in [5, 5.41) is 0. The van der Waals surface area contributed by atoms with Crippen molar-refractivity contribution in [1.82, 2.24) is 4.90 Å². The molecule has 2 fully saturated rings. The zero-order chi connectivity index (χ0) is 11.1. The Morgan fingerprint density at radius 3 is 2.50 bits per heavy atom. The van der Waals surface area contributed by atoms with Gasteiger partial charge in [0, 0.05) is 24.9 Å². The van der Waals surface area contributed by atoms with Crippen LogP contribution in [0, 0.1) is 5.92 Å². The summed E-state index contributed by atoms with van der Waals surface area (Å²) in [4.78, 5) is 13.1. The Bertz CT molecular complexity index is 276. The average molecular weight is 255 g/mol. The number of nitrogens with two attached hydrogens (primary N) is 1. The molecule has 0 unspecified atom stereocenters. The van der Waals surface area contributed by atoms with Gasteiger partial charge >= 0.3 is 0 Å². The number of hydrogen-bond donors (Lipinski definition) is 1. The van der Waals surface area contributed by atoms with Crippen LogP contribution in [0.25, 0.3) is 0 Å². The number of hydrogen-bond acceptors (Lipinski definition) is 2. The van der Waals surface area contributed by atoms with Crippen LogP contribution in [0.4, 0.5) is 8.78 Å². The minimum atomic E-state index is -2.68. The fraction of sp³-hybridized carbons (Fsp3) is 0.900. The molecule has 0 spiro atoms. The number of carbonyl (C=O) groups is 1. The monoisotopic (exact) mass is 254 g/mol. The molecule has 1 aliphatic carbocycles. The van der Waals surface area contributed by atoms with Crippen LogP contribution in [0.5, 0.6) is 0 Å². The van der Waals surface area contributed by atoms with Gasteiger partial charge in [-0.1, -0.05) is 0 Å². The van der Waals surface area contributed by atoms with Crippen LogP contribution < -0.4 is 5.73 Å². The van der Waals surface area contributed by atoms with Crippen molar-refractivity contribution in [3.8, 4) is 0 Å². The zero-order valence-corrected chi connectivity index (χ0v) is 9.81. The van der Waals surface area contributed by atoms with E-state index in [9.17, 15) is 13.6 Å². The molecular weight excluding hydrogens is 238 g/mol. The summed E-state index contributed by atoms with van der Waals surface area (Å²) in [6.45, 7) is -0.213. The maximum absolute atomic E-state index is 12.9. The third-order valence-electron chi connectivity index (χ3n) is 3.30. The largest absolute Gasteiger partial charge is 0.336 e. The van der Waals surface area contributed by atoms with Crippen molar-refractivity contribution in [2.24, 2.45) is 11.7 Å². The molecule has 0 aromatic carbocycles. The lowest BCUT2D eigenvalue weighted by Crippen LogP contribution is -2.35. The SMILES string of the molecule is Cl.N[C@H]1CC[C@@H](C(=O)N2CCC(F)(F)C2)C1. The molecule has 1 aliphatic heterocycles. The Hall–Kier alpha value is -0.420. The van der Waals surface area contributed by atoms with Crippen LogP contribution in [-0.4, -0.2) is 35.9 Å². The number of nitrogens with zero attached hydrogens (tertiary/aromatic N) is 1. The first-order valence-electron chi connectivity index (χ1n) is 5.40. The van der Waals surface area contributed by atoms with Gasteiger partial charge in [0.1, 0.15) is 0 Å². The highest BCUT2D eigenvalue weighted by Gasteiger charge is 2.42. The summed E-state index contributed by atoms with van der Waals surface area (Å²) >= 11 is 0. The molecule has 6 heteroatoms. The first-order chi connectivity index (χ1) is 6.98. The first kappa shape index (κ1) is 13.6. The second-order valence-electron chi connectivity index (χ2n) is 4.64. The quantitative estimate of drug-likeness (QED) is 0.769. The van der Waals surface area contributed by atoms with E-state index in [2.05, 4.69) is 0 Å². The second-order valence-corrected chi connectivity index (χ2v) is 4.64. The Labute approximate surface area is 99.8 Å². The van der Waals surface area contributed by atoms with E-state index in [0.29, 0.717) is 6.42 Å². The molecule has 2 aliphatic rings. The van der Waals surface area contributed by atoms with Gasteiger partial charge in [0.2, 0.25) is 5.91 Å². The van der Waals surface area contributed by atoms with Crippen LogP contribution in [0.1, 0.15) is 25.7 Å². The first-order valence-corrected chi connectivity index (χ1v) is 5.40. The lowest BCUT2D eigenvalue weighted by molar-refractivity contribution is -0.135. The Kier molecular flexibility index (Phi) is 4.12. The minimum Gasteiger partial charge on any atom is -0.336 e. The molecule has 1 saturated heterocycles. The van der Waals surface area contributed by atoms with E-state index in [-0.39, 0.29) is 43.2 Å². The minimum absolute atomic E-state index is 0. The summed E-state index contributed by atoms with van der Waals surface area (Å²) in [6.07, 6.45) is 2.04. The van der Waals surface area contributed by atoms with Gasteiger partial charge in [-0.3, -0.25) is 4.79 Å². The van der Waals surface area contributed by atoms with Crippen LogP contribution in [0.3, 0.4) is 0 Å². The molecule has 0 aromatic heterocycles. The van der Waals surface area contributed by atoms with Crippen LogP contribution in [0.2, 0.25) is 0 Å². The predicted octanol–water partition coefficient (Wildman–Crippen LogP) is 1.40. The summed E-state index contributed by atoms with van der Waals surface area (Å²) < 4.78 is 25.8. The van der Waals surface area contributed by atoms with E-state index in [1.54, 1.807) is 0 Å². The van der Waals surface area contributed by atoms with Crippen molar-refractivity contribution >= 4 is 18.3 Å². The number of rotatable bonds is 1. The highest BCUT2D eigenvalue weighted by Crippen LogP contribution is 2.31. The standard InChI is InChI=1S/C10H16F2N2O.ClH/c11-10(12)3-4-14(6-10)9(15)7-1-2-8(13)5-7;/h7-8H,1-6,13H2;1H/t7-,8+;/m1./s1. The molecule has 1 saturated carbocycles. The van der Waals surface area contributed by atoms with Crippen molar-refractivity contribution in [3.63, 3.8) is 0 Å². The summed E-state index contributed by atoms with van der Waals surface area (Å²) in [5.74, 6) is -2.93. The Morgan fingerprint density at radius 1 is 1.38 bits per heavy atom. The van der Waals surface area contributed by atoms with E-state index >= 15 is 0 Å². The summed E-state index contributed by atoms with van der Waals surface area (Å²) in [6, 6.07) is 0.0714. The van der Waals surface area contributed by atoms with Crippen LogP contribution in [0.15, 0.2) is 0 Å². The topological polar surface area (TPSA) is 46.3 Å². The van der Waals surface area contributed by atoms with Gasteiger partial charge < -0.3 is 10.6 Å². The molecule has 3 nitrogen and oxygen atoms in total. The molecule has 16 heavy (non-hydrogen) atoms. The van der Waals surface area contributed by atoms with Crippen molar-refractivity contribution < 1.29 is 13.6 Å². The predicted molar refractivity (Wildman–Crippen MR) is 58.7 cm³/mol. The molecule has 2 rings (SSSR count). The molecule has 1 heterocycles. The van der Waals surface area contributed by atoms with E-state index in [0.717, 1.165) is 12.8 Å². The fourth-order valence-corrected chi connectivity index (χ4v) is 2.42. The highest BCUT2D eigenvalue weighted by molar-refractivity contribution is 5.85. The van der Waals surface area contributed by atoms with Gasteiger partial charge in [-0.2, -0.15) is 0 Å². The Morgan fingerprint density at radius 2 is 2.06 bits per heavy atom. The zero-order valence-electron chi connectivity index (χ0n) is 8.99. The van der Waals surface area contributed by atoms with Gasteiger partial charge in [0.05, 0.1) is 6.54 Å². The van der Waals surface area contributed by atoms with Gasteiger partial charge in [0.15, 0.2) is 0 Å². The highest BCUT2D eigenvalue weighted by atomic mass is 35.5. The van der Waals surface area contributed by atoms with Gasteiger partial charge in [-0.25, -0.2) is 8.78 Å². The van der Waals surface area contributed by atoms with Crippen molar-refractivity contribution in [1.29, 1.82) is 0 Å². The molecule has 0 aromatic rings. The molecule has 2 N–H and O–H groups in total. The molecule has 0 radical (unpaired) electrons. The van der Waals surface area contributed by atoms with Gasteiger partial charge in [0.25, 0.3) is 5.92 Å². The lowest BCUT2D eigenvalue weighted by atomic mass is 10.1. The lowest BCUT2D eigenvalue weighted by Gasteiger charge is -2.20. The average Bonchev–Trinajstić information content (AvgIpc) is 2.71. The maximum Gasteiger partial charge on any atom is 0.267 e. The van der Waals surface area contributed by atoms with Crippen molar-refractivity contribution in [2.45, 2.75) is 37.6 Å². The molecule has 0 bridgehead atoms. The van der Waals surface area contributed by atoms with Crippen molar-refractivity contribution in [3.05, 3.63) is 0 Å². The summed E-state index contributed by atoms with van der Waals surface area (Å²) in [5.41, 5.74) is 5.70. The van der Waals surface area contributed by atoms with E-state index in [1.807, 2.05) is 0 Å². The normalized spacial score (nSPS) is 32.6. The number of likely N-dealkylation sites (tertiary alicyclic amines) is 1. The number of amides is 1. The van der Waals surface area contributed by atoms with E-state index in [4.69, 9.17) is 5.73 Å². The van der Waals surface area contributed by atoms with Gasteiger partial charge in [-0.15, -0.1) is 12.4 Å². The number of alkyl halides is 2. The fourth-order valence-electron chi connectivity index (χ4n) is 2.42. The van der Waals surface area contributed by atoms with E-state index < -0.39 is 12.5 Å². The molecule has 1 amide bonds. The van der Waals surface area contributed by atoms with Crippen molar-refractivity contribution in [2.75, 3.05) is 13.1 Å². The van der Waals surface area contributed by atoms with Crippen LogP contribution in [-0.2, 0) is 4.79 Å². The van der Waals surface area contributed by atoms with Crippen LogP contribution >= 0.6 is 12.4 Å². The molecule has 94 valence electrons. The smallest absolute Gasteiger partial charge is 0.267 e.